The molecule has 3 heteroatoms. The van der Waals surface area contributed by atoms with E-state index in [2.05, 4.69) is 117 Å². The van der Waals surface area contributed by atoms with Crippen LogP contribution in [-0.2, 0) is 0 Å². The zero-order valence-electron chi connectivity index (χ0n) is 17.9. The Hall–Kier alpha value is -2.14. The Morgan fingerprint density at radius 2 is 1.33 bits per heavy atom. The van der Waals surface area contributed by atoms with Crippen molar-refractivity contribution in [2.24, 2.45) is 0 Å². The van der Waals surface area contributed by atoms with E-state index in [1.165, 1.54) is 27.2 Å². The first-order valence-electron chi connectivity index (χ1n) is 10.6. The maximum atomic E-state index is 6.64. The number of hydrogen-bond donors (Lipinski definition) is 0. The van der Waals surface area contributed by atoms with E-state index in [4.69, 9.17) is 11.6 Å². The van der Waals surface area contributed by atoms with Gasteiger partial charge in [-0.05, 0) is 28.4 Å². The van der Waals surface area contributed by atoms with Gasteiger partial charge in [0, 0.05) is 5.50 Å². The summed E-state index contributed by atoms with van der Waals surface area (Å²) in [6, 6.07) is 33.0. The molecule has 0 nitrogen and oxygen atoms in total. The molecule has 2 atom stereocenters. The number of halogens is 1. The molecule has 3 aromatic rings. The van der Waals surface area contributed by atoms with E-state index in [9.17, 15) is 0 Å². The molecule has 0 aliphatic rings. The molecule has 0 fully saturated rings. The van der Waals surface area contributed by atoms with Gasteiger partial charge in [0.2, 0.25) is 0 Å². The van der Waals surface area contributed by atoms with Crippen LogP contribution in [-0.4, -0.2) is 21.7 Å². The summed E-state index contributed by atoms with van der Waals surface area (Å²) in [4.78, 5) is 0. The van der Waals surface area contributed by atoms with Gasteiger partial charge in [-0.2, -0.15) is 0 Å². The fourth-order valence-corrected chi connectivity index (χ4v) is 18.8. The van der Waals surface area contributed by atoms with Crippen molar-refractivity contribution in [1.82, 2.24) is 0 Å². The highest BCUT2D eigenvalue weighted by molar-refractivity contribution is 7.12. The monoisotopic (exact) mass is 446 g/mol. The second kappa shape index (κ2) is 10.3. The van der Waals surface area contributed by atoms with Gasteiger partial charge in [-0.1, -0.05) is 114 Å². The third-order valence-corrected chi connectivity index (χ3v) is 19.6. The van der Waals surface area contributed by atoms with Crippen molar-refractivity contribution in [3.05, 3.63) is 110 Å². The molecule has 3 aromatic carbocycles. The fourth-order valence-electron chi connectivity index (χ4n) is 4.68. The molecule has 0 heterocycles. The summed E-state index contributed by atoms with van der Waals surface area (Å²) in [6.07, 6.45) is 4.22. The molecular weight excluding hydrogens is 416 g/mol. The molecule has 0 bridgehead atoms. The average molecular weight is 447 g/mol. The van der Waals surface area contributed by atoms with Crippen LogP contribution < -0.4 is 10.4 Å². The van der Waals surface area contributed by atoms with Gasteiger partial charge < -0.3 is 0 Å². The lowest BCUT2D eigenvalue weighted by Crippen LogP contribution is -2.63. The zero-order valence-corrected chi connectivity index (χ0v) is 20.6. The molecule has 0 spiro atoms. The SMILES string of the molecule is C=CC[Si](C)(CCl)C[Si](CC=C)(c1ccccc1)c1ccccc1-c1ccccc1. The van der Waals surface area contributed by atoms with E-state index in [0.717, 1.165) is 17.6 Å². The van der Waals surface area contributed by atoms with Crippen LogP contribution in [0.5, 0.6) is 0 Å². The zero-order chi connectivity index (χ0) is 21.5. The summed E-state index contributed by atoms with van der Waals surface area (Å²) < 4.78 is 0. The third-order valence-electron chi connectivity index (χ3n) is 6.03. The number of alkyl halides is 1. The Morgan fingerprint density at radius 1 is 0.767 bits per heavy atom. The first kappa shape index (κ1) is 22.5. The van der Waals surface area contributed by atoms with Crippen molar-refractivity contribution >= 4 is 38.1 Å². The minimum Gasteiger partial charge on any atom is -0.130 e. The van der Waals surface area contributed by atoms with E-state index >= 15 is 0 Å². The van der Waals surface area contributed by atoms with Gasteiger partial charge in [0.15, 0.2) is 0 Å². The number of hydrogen-bond acceptors (Lipinski definition) is 0. The van der Waals surface area contributed by atoms with Crippen molar-refractivity contribution in [1.29, 1.82) is 0 Å². The molecule has 3 rings (SSSR count). The van der Waals surface area contributed by atoms with Gasteiger partial charge in [0.05, 0.1) is 8.07 Å². The van der Waals surface area contributed by atoms with Crippen LogP contribution in [0.1, 0.15) is 0 Å². The summed E-state index contributed by atoms with van der Waals surface area (Å²) in [6.45, 7) is 10.7. The molecule has 0 saturated carbocycles. The van der Waals surface area contributed by atoms with Gasteiger partial charge in [-0.3, -0.25) is 0 Å². The molecule has 0 aliphatic carbocycles. The maximum absolute atomic E-state index is 6.64. The molecule has 0 radical (unpaired) electrons. The molecule has 154 valence electrons. The fraction of sp³-hybridized carbons (Fsp3) is 0.185. The van der Waals surface area contributed by atoms with Crippen LogP contribution in [0.15, 0.2) is 110 Å². The van der Waals surface area contributed by atoms with Crippen molar-refractivity contribution < 1.29 is 0 Å². The summed E-state index contributed by atoms with van der Waals surface area (Å²) in [5, 5.41) is 2.97. The van der Waals surface area contributed by atoms with Crippen LogP contribution in [0.2, 0.25) is 24.3 Å². The number of allylic oxidation sites excluding steroid dienone is 2. The molecule has 0 aliphatic heterocycles. The highest BCUT2D eigenvalue weighted by Crippen LogP contribution is 2.31. The van der Waals surface area contributed by atoms with E-state index in [0.29, 0.717) is 0 Å². The standard InChI is InChI=1S/C27H31ClSi2/c1-4-20-29(3,22-28)23-30(21-5-2,25-16-10-7-11-17-25)27-19-13-12-18-26(27)24-14-8-6-9-15-24/h4-19H,1-2,20-23H2,3H3. The van der Waals surface area contributed by atoms with Gasteiger partial charge in [0.1, 0.15) is 8.07 Å². The Morgan fingerprint density at radius 3 is 1.93 bits per heavy atom. The van der Waals surface area contributed by atoms with Crippen LogP contribution in [0.4, 0.5) is 0 Å². The molecular formula is C27H31ClSi2. The lowest BCUT2D eigenvalue weighted by Gasteiger charge is -2.40. The van der Waals surface area contributed by atoms with E-state index < -0.39 is 16.1 Å². The van der Waals surface area contributed by atoms with Crippen LogP contribution >= 0.6 is 11.6 Å². The second-order valence-corrected chi connectivity index (χ2v) is 18.7. The predicted octanol–water partition coefficient (Wildman–Crippen LogP) is 6.68. The van der Waals surface area contributed by atoms with Gasteiger partial charge in [0.25, 0.3) is 0 Å². The Bertz CT molecular complexity index is 970. The molecule has 2 unspecified atom stereocenters. The van der Waals surface area contributed by atoms with Crippen molar-refractivity contribution in [2.75, 3.05) is 5.50 Å². The first-order valence-corrected chi connectivity index (χ1v) is 16.6. The smallest absolute Gasteiger partial charge is 0.120 e. The Kier molecular flexibility index (Phi) is 7.71. The van der Waals surface area contributed by atoms with E-state index in [-0.39, 0.29) is 0 Å². The lowest BCUT2D eigenvalue weighted by atomic mass is 10.1. The highest BCUT2D eigenvalue weighted by Gasteiger charge is 2.44. The van der Waals surface area contributed by atoms with Crippen molar-refractivity contribution in [2.45, 2.75) is 24.3 Å². The minimum atomic E-state index is -2.16. The molecule has 0 amide bonds. The lowest BCUT2D eigenvalue weighted by molar-refractivity contribution is 1.41. The third kappa shape index (κ3) is 4.78. The molecule has 30 heavy (non-hydrogen) atoms. The van der Waals surface area contributed by atoms with Gasteiger partial charge in [-0.25, -0.2) is 0 Å². The van der Waals surface area contributed by atoms with Crippen LogP contribution in [0.25, 0.3) is 11.1 Å². The summed E-state index contributed by atoms with van der Waals surface area (Å²) in [7, 11) is -3.88. The first-order chi connectivity index (χ1) is 14.6. The minimum absolute atomic E-state index is 0.755. The average Bonchev–Trinajstić information content (AvgIpc) is 2.80. The largest absolute Gasteiger partial charge is 0.130 e. The number of rotatable bonds is 10. The second-order valence-electron chi connectivity index (χ2n) is 8.47. The van der Waals surface area contributed by atoms with Gasteiger partial charge >= 0.3 is 0 Å². The number of benzene rings is 3. The van der Waals surface area contributed by atoms with Crippen molar-refractivity contribution in [3.8, 4) is 11.1 Å². The van der Waals surface area contributed by atoms with Crippen molar-refractivity contribution in [3.63, 3.8) is 0 Å². The predicted molar refractivity (Wildman–Crippen MR) is 140 cm³/mol. The van der Waals surface area contributed by atoms with Crippen LogP contribution in [0, 0.1) is 0 Å². The summed E-state index contributed by atoms with van der Waals surface area (Å²) >= 11 is 6.64. The maximum Gasteiger partial charge on any atom is 0.120 e. The Labute approximate surface area is 189 Å². The molecule has 0 saturated heterocycles. The Balaban J connectivity index is 2.30. The topological polar surface area (TPSA) is 0 Å². The summed E-state index contributed by atoms with van der Waals surface area (Å²) in [5.74, 6) is 0. The molecule has 0 N–H and O–H groups in total. The molecule has 0 aromatic heterocycles. The van der Waals surface area contributed by atoms with E-state index in [1.54, 1.807) is 0 Å². The highest BCUT2D eigenvalue weighted by atomic mass is 35.5. The van der Waals surface area contributed by atoms with Crippen LogP contribution in [0.3, 0.4) is 0 Å². The normalized spacial score (nSPS) is 15.0. The quantitative estimate of drug-likeness (QED) is 0.185. The summed E-state index contributed by atoms with van der Waals surface area (Å²) in [5.41, 5.74) is 4.57. The van der Waals surface area contributed by atoms with Gasteiger partial charge in [-0.15, -0.1) is 24.8 Å². The van der Waals surface area contributed by atoms with E-state index in [1.807, 2.05) is 0 Å².